The minimum atomic E-state index is 0. The third kappa shape index (κ3) is 3.71. The van der Waals surface area contributed by atoms with Crippen LogP contribution in [0.2, 0.25) is 0 Å². The van der Waals surface area contributed by atoms with Crippen LogP contribution < -0.4 is 5.73 Å². The van der Waals surface area contributed by atoms with Gasteiger partial charge in [-0.3, -0.25) is 4.79 Å². The molecule has 3 nitrogen and oxygen atoms in total. The molecule has 2 N–H and O–H groups in total. The summed E-state index contributed by atoms with van der Waals surface area (Å²) < 4.78 is 0. The molecule has 1 amide bonds. The number of halogens is 1. The van der Waals surface area contributed by atoms with Gasteiger partial charge in [-0.05, 0) is 51.2 Å². The van der Waals surface area contributed by atoms with Crippen LogP contribution in [0.3, 0.4) is 0 Å². The fourth-order valence-electron chi connectivity index (χ4n) is 2.46. The summed E-state index contributed by atoms with van der Waals surface area (Å²) >= 11 is 1.61. The lowest BCUT2D eigenvalue weighted by Crippen LogP contribution is -2.42. The standard InChI is InChI=1S/C14H22N2OS.ClH/c1-9-8-13(18-11(9)3)14(17)16-6-4-12(5-7-16)10(2)15;/h8,10,12H,4-7,15H2,1-3H3;1H. The fourth-order valence-corrected chi connectivity index (χ4v) is 3.46. The Morgan fingerprint density at radius 3 is 2.42 bits per heavy atom. The Labute approximate surface area is 125 Å². The van der Waals surface area contributed by atoms with Crippen LogP contribution in [-0.4, -0.2) is 29.9 Å². The lowest BCUT2D eigenvalue weighted by Gasteiger charge is -2.33. The van der Waals surface area contributed by atoms with Crippen molar-refractivity contribution in [3.63, 3.8) is 0 Å². The first-order valence-corrected chi connectivity index (χ1v) is 7.42. The molecule has 2 rings (SSSR count). The molecule has 108 valence electrons. The van der Waals surface area contributed by atoms with Crippen LogP contribution in [-0.2, 0) is 0 Å². The lowest BCUT2D eigenvalue weighted by atomic mass is 9.91. The van der Waals surface area contributed by atoms with E-state index >= 15 is 0 Å². The molecule has 0 radical (unpaired) electrons. The molecule has 1 aliphatic rings. The molecule has 0 aliphatic carbocycles. The molecule has 5 heteroatoms. The van der Waals surface area contributed by atoms with Crippen molar-refractivity contribution in [3.05, 3.63) is 21.4 Å². The van der Waals surface area contributed by atoms with Crippen molar-refractivity contribution in [1.82, 2.24) is 4.90 Å². The Morgan fingerprint density at radius 1 is 1.42 bits per heavy atom. The van der Waals surface area contributed by atoms with E-state index in [0.717, 1.165) is 30.8 Å². The highest BCUT2D eigenvalue weighted by Crippen LogP contribution is 2.25. The zero-order valence-electron chi connectivity index (χ0n) is 11.8. The number of likely N-dealkylation sites (tertiary alicyclic amines) is 1. The highest BCUT2D eigenvalue weighted by Gasteiger charge is 2.26. The van der Waals surface area contributed by atoms with Gasteiger partial charge in [0, 0.05) is 24.0 Å². The first-order valence-electron chi connectivity index (χ1n) is 6.61. The van der Waals surface area contributed by atoms with Gasteiger partial charge >= 0.3 is 0 Å². The van der Waals surface area contributed by atoms with E-state index in [4.69, 9.17) is 5.73 Å². The van der Waals surface area contributed by atoms with E-state index in [1.807, 2.05) is 11.0 Å². The third-order valence-electron chi connectivity index (χ3n) is 3.95. The van der Waals surface area contributed by atoms with E-state index in [1.54, 1.807) is 11.3 Å². The van der Waals surface area contributed by atoms with Gasteiger partial charge in [-0.2, -0.15) is 0 Å². The van der Waals surface area contributed by atoms with Crippen molar-refractivity contribution in [1.29, 1.82) is 0 Å². The van der Waals surface area contributed by atoms with Crippen molar-refractivity contribution in [2.24, 2.45) is 11.7 Å². The van der Waals surface area contributed by atoms with Gasteiger partial charge in [0.25, 0.3) is 5.91 Å². The van der Waals surface area contributed by atoms with Crippen molar-refractivity contribution >= 4 is 29.7 Å². The maximum atomic E-state index is 12.3. The molecule has 1 aromatic heterocycles. The predicted molar refractivity (Wildman–Crippen MR) is 83.3 cm³/mol. The van der Waals surface area contributed by atoms with E-state index in [1.165, 1.54) is 10.4 Å². The summed E-state index contributed by atoms with van der Waals surface area (Å²) in [6.07, 6.45) is 2.07. The van der Waals surface area contributed by atoms with Gasteiger partial charge in [0.1, 0.15) is 0 Å². The Balaban J connectivity index is 0.00000180. The number of carbonyl (C=O) groups is 1. The molecular formula is C14H23ClN2OS. The second-order valence-electron chi connectivity index (χ2n) is 5.34. The van der Waals surface area contributed by atoms with Crippen LogP contribution in [0, 0.1) is 19.8 Å². The molecular weight excluding hydrogens is 280 g/mol. The molecule has 1 aromatic rings. The van der Waals surface area contributed by atoms with Crippen molar-refractivity contribution < 1.29 is 4.79 Å². The van der Waals surface area contributed by atoms with Crippen LogP contribution in [0.1, 0.15) is 39.9 Å². The SMILES string of the molecule is Cc1cc(C(=O)N2CCC(C(C)N)CC2)sc1C.Cl. The van der Waals surface area contributed by atoms with Gasteiger partial charge in [0.15, 0.2) is 0 Å². The van der Waals surface area contributed by atoms with Crippen LogP contribution in [0.25, 0.3) is 0 Å². The number of piperidine rings is 1. The number of hydrogen-bond donors (Lipinski definition) is 1. The number of hydrogen-bond acceptors (Lipinski definition) is 3. The molecule has 1 aliphatic heterocycles. The van der Waals surface area contributed by atoms with Gasteiger partial charge < -0.3 is 10.6 Å². The molecule has 0 bridgehead atoms. The Morgan fingerprint density at radius 2 is 2.00 bits per heavy atom. The van der Waals surface area contributed by atoms with Crippen molar-refractivity contribution in [3.8, 4) is 0 Å². The first-order chi connectivity index (χ1) is 8.49. The van der Waals surface area contributed by atoms with E-state index in [-0.39, 0.29) is 24.4 Å². The molecule has 0 spiro atoms. The molecule has 19 heavy (non-hydrogen) atoms. The van der Waals surface area contributed by atoms with Gasteiger partial charge in [-0.25, -0.2) is 0 Å². The smallest absolute Gasteiger partial charge is 0.263 e. The number of aryl methyl sites for hydroxylation is 2. The van der Waals surface area contributed by atoms with Crippen molar-refractivity contribution in [2.45, 2.75) is 39.7 Å². The average Bonchev–Trinajstić information content (AvgIpc) is 2.69. The third-order valence-corrected chi connectivity index (χ3v) is 5.09. The Bertz CT molecular complexity index is 417. The van der Waals surface area contributed by atoms with Gasteiger partial charge in [0.2, 0.25) is 0 Å². The van der Waals surface area contributed by atoms with E-state index < -0.39 is 0 Å². The van der Waals surface area contributed by atoms with Crippen LogP contribution in [0.4, 0.5) is 0 Å². The van der Waals surface area contributed by atoms with Crippen LogP contribution in [0.5, 0.6) is 0 Å². The molecule has 1 atom stereocenters. The Kier molecular flexibility index (Phi) is 5.83. The summed E-state index contributed by atoms with van der Waals surface area (Å²) in [5.74, 6) is 0.764. The van der Waals surface area contributed by atoms with Crippen LogP contribution in [0.15, 0.2) is 6.07 Å². The average molecular weight is 303 g/mol. The van der Waals surface area contributed by atoms with E-state index in [2.05, 4.69) is 20.8 Å². The fraction of sp³-hybridized carbons (Fsp3) is 0.643. The van der Waals surface area contributed by atoms with Gasteiger partial charge in [0.05, 0.1) is 4.88 Å². The first kappa shape index (κ1) is 16.5. The van der Waals surface area contributed by atoms with Crippen molar-refractivity contribution in [2.75, 3.05) is 13.1 Å². The van der Waals surface area contributed by atoms with Gasteiger partial charge in [-0.15, -0.1) is 23.7 Å². The normalized spacial score (nSPS) is 18.0. The monoisotopic (exact) mass is 302 g/mol. The maximum absolute atomic E-state index is 12.3. The highest BCUT2D eigenvalue weighted by molar-refractivity contribution is 7.14. The predicted octanol–water partition coefficient (Wildman–Crippen LogP) is 2.99. The molecule has 0 saturated carbocycles. The zero-order chi connectivity index (χ0) is 13.3. The molecule has 2 heterocycles. The van der Waals surface area contributed by atoms with Crippen LogP contribution >= 0.6 is 23.7 Å². The maximum Gasteiger partial charge on any atom is 0.263 e. The summed E-state index contributed by atoms with van der Waals surface area (Å²) in [5, 5.41) is 0. The summed E-state index contributed by atoms with van der Waals surface area (Å²) in [6, 6.07) is 2.26. The number of thiophene rings is 1. The lowest BCUT2D eigenvalue weighted by molar-refractivity contribution is 0.0686. The van der Waals surface area contributed by atoms with Gasteiger partial charge in [-0.1, -0.05) is 0 Å². The highest BCUT2D eigenvalue weighted by atomic mass is 35.5. The molecule has 1 unspecified atom stereocenters. The number of rotatable bonds is 2. The minimum Gasteiger partial charge on any atom is -0.338 e. The summed E-state index contributed by atoms with van der Waals surface area (Å²) in [7, 11) is 0. The summed E-state index contributed by atoms with van der Waals surface area (Å²) in [5.41, 5.74) is 7.14. The number of amides is 1. The molecule has 1 fully saturated rings. The quantitative estimate of drug-likeness (QED) is 0.913. The second-order valence-corrected chi connectivity index (χ2v) is 6.59. The molecule has 1 saturated heterocycles. The minimum absolute atomic E-state index is 0. The number of nitrogens with two attached hydrogens (primary N) is 1. The summed E-state index contributed by atoms with van der Waals surface area (Å²) in [4.78, 5) is 16.4. The number of carbonyl (C=O) groups excluding carboxylic acids is 1. The molecule has 0 aromatic carbocycles. The second kappa shape index (κ2) is 6.73. The topological polar surface area (TPSA) is 46.3 Å². The Hall–Kier alpha value is -0.580. The number of nitrogens with zero attached hydrogens (tertiary/aromatic N) is 1. The zero-order valence-corrected chi connectivity index (χ0v) is 13.4. The largest absolute Gasteiger partial charge is 0.338 e. The van der Waals surface area contributed by atoms with E-state index in [0.29, 0.717) is 5.92 Å². The van der Waals surface area contributed by atoms with E-state index in [9.17, 15) is 4.79 Å². The summed E-state index contributed by atoms with van der Waals surface area (Å²) in [6.45, 7) is 7.89.